The van der Waals surface area contributed by atoms with Crippen LogP contribution in [0.25, 0.3) is 0 Å². The summed E-state index contributed by atoms with van der Waals surface area (Å²) in [4.78, 5) is 27.8. The van der Waals surface area contributed by atoms with Crippen molar-refractivity contribution in [2.75, 3.05) is 13.1 Å². The summed E-state index contributed by atoms with van der Waals surface area (Å²) in [5.74, 6) is -2.09. The zero-order valence-electron chi connectivity index (χ0n) is 15.6. The van der Waals surface area contributed by atoms with Gasteiger partial charge in [-0.2, -0.15) is 0 Å². The summed E-state index contributed by atoms with van der Waals surface area (Å²) in [5, 5.41) is 12.3. The van der Waals surface area contributed by atoms with Crippen LogP contribution < -0.4 is 5.32 Å². The van der Waals surface area contributed by atoms with Crippen LogP contribution in [0.1, 0.15) is 48.9 Å². The molecule has 2 bridgehead atoms. The summed E-state index contributed by atoms with van der Waals surface area (Å²) in [5.41, 5.74) is -0.147. The molecule has 3 atom stereocenters. The summed E-state index contributed by atoms with van der Waals surface area (Å²) in [7, 11) is 0. The zero-order valence-corrected chi connectivity index (χ0v) is 15.6. The van der Waals surface area contributed by atoms with E-state index in [9.17, 15) is 23.5 Å². The highest BCUT2D eigenvalue weighted by Gasteiger charge is 2.45. The van der Waals surface area contributed by atoms with Gasteiger partial charge >= 0.3 is 6.09 Å². The van der Waals surface area contributed by atoms with Gasteiger partial charge in [0, 0.05) is 36.8 Å². The number of likely N-dealkylation sites (tertiary alicyclic amines) is 1. The van der Waals surface area contributed by atoms with Gasteiger partial charge in [-0.3, -0.25) is 9.69 Å². The Morgan fingerprint density at radius 3 is 2.43 bits per heavy atom. The minimum atomic E-state index is -0.859. The molecule has 0 spiro atoms. The molecule has 3 saturated heterocycles. The van der Waals surface area contributed by atoms with Crippen LogP contribution in [0.3, 0.4) is 0 Å². The molecule has 2 unspecified atom stereocenters. The molecule has 0 aliphatic carbocycles. The number of piperidine rings is 2. The Hall–Kier alpha value is -2.22. The number of nitrogens with one attached hydrogen (secondary N) is 1. The number of rotatable bonds is 3. The minimum absolute atomic E-state index is 0.0875. The molecule has 2 amide bonds. The first-order valence-corrected chi connectivity index (χ1v) is 9.93. The number of hydrogen-bond acceptors (Lipinski definition) is 3. The molecule has 1 aromatic rings. The normalized spacial score (nSPS) is 30.3. The van der Waals surface area contributed by atoms with Crippen molar-refractivity contribution < 1.29 is 23.5 Å². The number of carbonyl (C=O) groups is 2. The fourth-order valence-corrected chi connectivity index (χ4v) is 5.15. The molecule has 3 heterocycles. The van der Waals surface area contributed by atoms with Crippen LogP contribution in [0.5, 0.6) is 0 Å². The van der Waals surface area contributed by atoms with Gasteiger partial charge in [-0.15, -0.1) is 0 Å². The summed E-state index contributed by atoms with van der Waals surface area (Å²) in [6.45, 7) is 1.60. The summed E-state index contributed by atoms with van der Waals surface area (Å²) >= 11 is 0. The van der Waals surface area contributed by atoms with Crippen molar-refractivity contribution in [1.29, 1.82) is 0 Å². The minimum Gasteiger partial charge on any atom is -0.465 e. The maximum atomic E-state index is 13.9. The highest BCUT2D eigenvalue weighted by molar-refractivity contribution is 5.94. The van der Waals surface area contributed by atoms with Crippen LogP contribution in [0.15, 0.2) is 18.2 Å². The van der Waals surface area contributed by atoms with E-state index in [1.54, 1.807) is 4.90 Å². The molecule has 0 saturated carbocycles. The van der Waals surface area contributed by atoms with Crippen molar-refractivity contribution in [2.45, 2.75) is 62.7 Å². The number of fused-ring (bicyclic) bond motifs is 2. The maximum Gasteiger partial charge on any atom is 0.407 e. The van der Waals surface area contributed by atoms with Crippen LogP contribution in [0, 0.1) is 11.6 Å². The summed E-state index contributed by atoms with van der Waals surface area (Å²) in [6, 6.07) is 3.36. The second kappa shape index (κ2) is 7.66. The largest absolute Gasteiger partial charge is 0.465 e. The number of amides is 2. The molecule has 152 valence electrons. The summed E-state index contributed by atoms with van der Waals surface area (Å²) < 4.78 is 26.9. The monoisotopic (exact) mass is 393 g/mol. The molecule has 0 aromatic heterocycles. The Morgan fingerprint density at radius 2 is 1.79 bits per heavy atom. The second-order valence-electron chi connectivity index (χ2n) is 8.13. The molecule has 28 heavy (non-hydrogen) atoms. The van der Waals surface area contributed by atoms with Gasteiger partial charge in [0.1, 0.15) is 11.6 Å². The molecule has 4 rings (SSSR count). The fourth-order valence-electron chi connectivity index (χ4n) is 5.15. The maximum absolute atomic E-state index is 13.9. The van der Waals surface area contributed by atoms with Gasteiger partial charge in [-0.1, -0.05) is 0 Å². The fraction of sp³-hybridized carbons (Fsp3) is 0.600. The quantitative estimate of drug-likeness (QED) is 0.828. The molecular formula is C20H25F2N3O3. The topological polar surface area (TPSA) is 72.9 Å². The van der Waals surface area contributed by atoms with E-state index in [0.29, 0.717) is 18.7 Å². The van der Waals surface area contributed by atoms with E-state index < -0.39 is 23.6 Å². The lowest BCUT2D eigenvalue weighted by Gasteiger charge is -2.45. The van der Waals surface area contributed by atoms with Crippen LogP contribution in [-0.4, -0.2) is 64.2 Å². The van der Waals surface area contributed by atoms with Gasteiger partial charge in [0.05, 0.1) is 5.56 Å². The molecule has 8 heteroatoms. The number of halogens is 2. The Kier molecular flexibility index (Phi) is 5.23. The van der Waals surface area contributed by atoms with Crippen LogP contribution in [0.2, 0.25) is 0 Å². The van der Waals surface area contributed by atoms with Crippen molar-refractivity contribution >= 4 is 12.0 Å². The van der Waals surface area contributed by atoms with Gasteiger partial charge in [-0.25, -0.2) is 13.6 Å². The van der Waals surface area contributed by atoms with Crippen LogP contribution in [-0.2, 0) is 0 Å². The number of carbonyl (C=O) groups excluding carboxylic acids is 1. The second-order valence-corrected chi connectivity index (χ2v) is 8.13. The molecule has 3 aliphatic rings. The lowest BCUT2D eigenvalue weighted by molar-refractivity contribution is 0.0419. The number of benzene rings is 1. The molecular weight excluding hydrogens is 368 g/mol. The number of nitrogens with zero attached hydrogens (tertiary/aromatic N) is 2. The molecule has 1 aromatic carbocycles. The molecule has 0 radical (unpaired) electrons. The molecule has 6 nitrogen and oxygen atoms in total. The third-order valence-corrected chi connectivity index (χ3v) is 6.41. The standard InChI is InChI=1S/C20H25F2N3O3/c21-12-3-6-17(18(22)8-12)19(26)23-13-2-1-7-24(11-13)16-9-14-4-5-15(10-16)25(14)20(27)28/h3,6,8,13-16H,1-2,4-5,7,9-11H2,(H,23,26)(H,27,28)/t13-,14?,15?,16?/m1/s1. The first kappa shape index (κ1) is 19.1. The highest BCUT2D eigenvalue weighted by atomic mass is 19.1. The Labute approximate surface area is 162 Å². The Bertz CT molecular complexity index is 761. The number of carboxylic acid groups (broad SMARTS) is 1. The van der Waals surface area contributed by atoms with E-state index >= 15 is 0 Å². The smallest absolute Gasteiger partial charge is 0.407 e. The summed E-state index contributed by atoms with van der Waals surface area (Å²) in [6.07, 6.45) is 4.41. The van der Waals surface area contributed by atoms with E-state index in [4.69, 9.17) is 0 Å². The lowest BCUT2D eigenvalue weighted by atomic mass is 9.93. The van der Waals surface area contributed by atoms with Crippen LogP contribution >= 0.6 is 0 Å². The first-order valence-electron chi connectivity index (χ1n) is 9.93. The number of hydrogen-bond donors (Lipinski definition) is 2. The van der Waals surface area contributed by atoms with Crippen molar-refractivity contribution in [3.8, 4) is 0 Å². The predicted octanol–water partition coefficient (Wildman–Crippen LogP) is 2.83. The van der Waals surface area contributed by atoms with Crippen molar-refractivity contribution in [3.05, 3.63) is 35.4 Å². The van der Waals surface area contributed by atoms with E-state index in [1.807, 2.05) is 0 Å². The van der Waals surface area contributed by atoms with E-state index in [-0.39, 0.29) is 23.7 Å². The average Bonchev–Trinajstić information content (AvgIpc) is 2.92. The highest BCUT2D eigenvalue weighted by Crippen LogP contribution is 2.38. The first-order chi connectivity index (χ1) is 13.4. The van der Waals surface area contributed by atoms with E-state index in [1.165, 1.54) is 6.07 Å². The Morgan fingerprint density at radius 1 is 1.07 bits per heavy atom. The van der Waals surface area contributed by atoms with Gasteiger partial charge in [0.2, 0.25) is 0 Å². The third-order valence-electron chi connectivity index (χ3n) is 6.41. The SMILES string of the molecule is O=C(N[C@@H]1CCCN(C2CC3CCC(C2)N3C(=O)O)C1)c1ccc(F)cc1F. The zero-order chi connectivity index (χ0) is 19.8. The Balaban J connectivity index is 1.37. The molecule has 3 aliphatic heterocycles. The van der Waals surface area contributed by atoms with Crippen molar-refractivity contribution in [1.82, 2.24) is 15.1 Å². The average molecular weight is 393 g/mol. The van der Waals surface area contributed by atoms with Crippen molar-refractivity contribution in [2.24, 2.45) is 0 Å². The van der Waals surface area contributed by atoms with Gasteiger partial charge in [0.15, 0.2) is 0 Å². The van der Waals surface area contributed by atoms with Crippen LogP contribution in [0.4, 0.5) is 13.6 Å². The predicted molar refractivity (Wildman–Crippen MR) is 98.1 cm³/mol. The van der Waals surface area contributed by atoms with Gasteiger partial charge in [-0.05, 0) is 57.2 Å². The molecule has 2 N–H and O–H groups in total. The molecule has 3 fully saturated rings. The lowest BCUT2D eigenvalue weighted by Crippen LogP contribution is -2.56. The van der Waals surface area contributed by atoms with E-state index in [0.717, 1.165) is 51.1 Å². The van der Waals surface area contributed by atoms with Gasteiger partial charge in [0.25, 0.3) is 5.91 Å². The third kappa shape index (κ3) is 3.70. The van der Waals surface area contributed by atoms with Crippen molar-refractivity contribution in [3.63, 3.8) is 0 Å². The van der Waals surface area contributed by atoms with E-state index in [2.05, 4.69) is 10.2 Å². The van der Waals surface area contributed by atoms with Gasteiger partial charge < -0.3 is 15.3 Å².